The lowest BCUT2D eigenvalue weighted by Crippen LogP contribution is -2.13. The molecular weight excluding hydrogens is 641 g/mol. The number of benzene rings is 7. The van der Waals surface area contributed by atoms with Crippen LogP contribution >= 0.6 is 11.3 Å². The van der Waals surface area contributed by atoms with Gasteiger partial charge in [-0.3, -0.25) is 4.99 Å². The van der Waals surface area contributed by atoms with E-state index in [1.165, 1.54) is 52.9 Å². The molecule has 4 nitrogen and oxygen atoms in total. The average molecular weight is 673 g/mol. The van der Waals surface area contributed by atoms with Crippen molar-refractivity contribution in [2.45, 2.75) is 6.54 Å². The van der Waals surface area contributed by atoms with Crippen LogP contribution in [0.4, 0.5) is 0 Å². The van der Waals surface area contributed by atoms with Crippen LogP contribution in [-0.4, -0.2) is 15.0 Å². The number of nitrogens with zero attached hydrogens (tertiary/aromatic N) is 3. The van der Waals surface area contributed by atoms with E-state index in [1.54, 1.807) is 0 Å². The van der Waals surface area contributed by atoms with Gasteiger partial charge in [0.15, 0.2) is 0 Å². The Morgan fingerprint density at radius 3 is 2.18 bits per heavy atom. The van der Waals surface area contributed by atoms with Gasteiger partial charge in [0, 0.05) is 54.8 Å². The van der Waals surface area contributed by atoms with Crippen LogP contribution in [0.15, 0.2) is 175 Å². The van der Waals surface area contributed by atoms with Gasteiger partial charge < -0.3 is 14.9 Å². The van der Waals surface area contributed by atoms with Gasteiger partial charge in [0.2, 0.25) is 0 Å². The highest BCUT2D eigenvalue weighted by molar-refractivity contribution is 7.26. The number of nitrogens with two attached hydrogens (primary N) is 1. The van der Waals surface area contributed by atoms with Crippen molar-refractivity contribution in [3.8, 4) is 22.5 Å². The molecule has 0 aliphatic rings. The molecule has 0 saturated heterocycles. The van der Waals surface area contributed by atoms with Crippen molar-refractivity contribution in [2.24, 2.45) is 10.7 Å². The summed E-state index contributed by atoms with van der Waals surface area (Å²) in [4.78, 5) is 4.68. The molecule has 7 aromatic carbocycles. The molecule has 0 amide bonds. The van der Waals surface area contributed by atoms with Gasteiger partial charge in [0.25, 0.3) is 0 Å². The van der Waals surface area contributed by atoms with Crippen LogP contribution in [-0.2, 0) is 6.54 Å². The lowest BCUT2D eigenvalue weighted by Gasteiger charge is -2.11. The van der Waals surface area contributed by atoms with E-state index in [0.717, 1.165) is 33.6 Å². The molecule has 0 radical (unpaired) electrons. The number of amidine groups is 1. The van der Waals surface area contributed by atoms with E-state index in [2.05, 4.69) is 160 Å². The molecular formula is C46H32N4S. The first-order valence-corrected chi connectivity index (χ1v) is 18.0. The van der Waals surface area contributed by atoms with Crippen molar-refractivity contribution in [1.29, 1.82) is 0 Å². The lowest BCUT2D eigenvalue weighted by molar-refractivity contribution is 1.06. The predicted molar refractivity (Wildman–Crippen MR) is 217 cm³/mol. The van der Waals surface area contributed by atoms with Crippen molar-refractivity contribution >= 4 is 70.1 Å². The third-order valence-electron chi connectivity index (χ3n) is 10.0. The van der Waals surface area contributed by atoms with Crippen LogP contribution in [0.25, 0.3) is 75.4 Å². The Kier molecular flexibility index (Phi) is 6.86. The number of hydrogen-bond donors (Lipinski definition) is 1. The fourth-order valence-corrected chi connectivity index (χ4v) is 8.74. The summed E-state index contributed by atoms with van der Waals surface area (Å²) in [6.07, 6.45) is 2.18. The van der Waals surface area contributed by atoms with E-state index in [4.69, 9.17) is 5.73 Å². The maximum Gasteiger partial charge on any atom is 0.125 e. The first kappa shape index (κ1) is 29.5. The van der Waals surface area contributed by atoms with E-state index in [0.29, 0.717) is 12.4 Å². The van der Waals surface area contributed by atoms with Gasteiger partial charge in [-0.15, -0.1) is 11.3 Å². The van der Waals surface area contributed by atoms with Crippen LogP contribution in [0.5, 0.6) is 0 Å². The minimum Gasteiger partial charge on any atom is -0.383 e. The summed E-state index contributed by atoms with van der Waals surface area (Å²) >= 11 is 1.88. The summed E-state index contributed by atoms with van der Waals surface area (Å²) in [7, 11) is 0. The fraction of sp³-hybridized carbons (Fsp3) is 0.0217. The van der Waals surface area contributed by atoms with Gasteiger partial charge in [0.05, 0.1) is 27.8 Å². The summed E-state index contributed by atoms with van der Waals surface area (Å²) in [5, 5.41) is 6.32. The van der Waals surface area contributed by atoms with Gasteiger partial charge in [-0.25, -0.2) is 0 Å². The second-order valence-electron chi connectivity index (χ2n) is 13.0. The zero-order chi connectivity index (χ0) is 33.9. The number of thiophene rings is 1. The Morgan fingerprint density at radius 1 is 0.569 bits per heavy atom. The van der Waals surface area contributed by atoms with Crippen LogP contribution < -0.4 is 5.73 Å². The van der Waals surface area contributed by atoms with Gasteiger partial charge in [0.1, 0.15) is 5.84 Å². The second-order valence-corrected chi connectivity index (χ2v) is 14.1. The van der Waals surface area contributed by atoms with Gasteiger partial charge in [-0.1, -0.05) is 109 Å². The van der Waals surface area contributed by atoms with Gasteiger partial charge in [-0.05, 0) is 71.3 Å². The third kappa shape index (κ3) is 4.93. The number of aliphatic imine (C=N–C) groups is 1. The second kappa shape index (κ2) is 11.9. The van der Waals surface area contributed by atoms with Crippen molar-refractivity contribution in [1.82, 2.24) is 9.13 Å². The molecule has 0 unspecified atom stereocenters. The summed E-state index contributed by atoms with van der Waals surface area (Å²) < 4.78 is 7.37. The Morgan fingerprint density at radius 2 is 1.33 bits per heavy atom. The van der Waals surface area contributed by atoms with Crippen molar-refractivity contribution in [3.05, 3.63) is 181 Å². The first-order chi connectivity index (χ1) is 25.2. The number of rotatable bonds is 6. The topological polar surface area (TPSA) is 48.2 Å². The van der Waals surface area contributed by atoms with Crippen molar-refractivity contribution in [3.63, 3.8) is 0 Å². The maximum atomic E-state index is 6.48. The smallest absolute Gasteiger partial charge is 0.125 e. The normalized spacial score (nSPS) is 12.2. The number of fused-ring (bicyclic) bond motifs is 8. The minimum absolute atomic E-state index is 0.544. The summed E-state index contributed by atoms with van der Waals surface area (Å²) in [5.74, 6) is 0.544. The standard InChI is InChI=1S/C46H32N4S/c47-46(48-29-30-10-3-1-4-11-30)34-13-9-12-32(26-34)31-18-20-36(21-19-31)50-42-27-33-24-25-49(35-14-5-2-6-15-35)41(33)28-40(42)38-22-23-39-37-16-7-8-17-43(37)51-45(39)44(38)50/h1-28H,29H2,(H2,47,48). The van der Waals surface area contributed by atoms with E-state index in [1.807, 2.05) is 35.6 Å². The highest BCUT2D eigenvalue weighted by Crippen LogP contribution is 2.44. The third-order valence-corrected chi connectivity index (χ3v) is 11.2. The largest absolute Gasteiger partial charge is 0.383 e. The van der Waals surface area contributed by atoms with Crippen LogP contribution in [0, 0.1) is 0 Å². The Balaban J connectivity index is 1.13. The van der Waals surface area contributed by atoms with Crippen LogP contribution in [0.1, 0.15) is 11.1 Å². The van der Waals surface area contributed by atoms with Gasteiger partial charge >= 0.3 is 0 Å². The predicted octanol–water partition coefficient (Wildman–Crippen LogP) is 11.7. The van der Waals surface area contributed by atoms with Crippen molar-refractivity contribution in [2.75, 3.05) is 0 Å². The number of hydrogen-bond acceptors (Lipinski definition) is 2. The molecule has 0 fully saturated rings. The molecule has 51 heavy (non-hydrogen) atoms. The van der Waals surface area contributed by atoms with Crippen LogP contribution in [0.2, 0.25) is 0 Å². The molecule has 2 N–H and O–H groups in total. The molecule has 10 aromatic rings. The molecule has 0 aliphatic carbocycles. The van der Waals surface area contributed by atoms with Gasteiger partial charge in [-0.2, -0.15) is 0 Å². The highest BCUT2D eigenvalue weighted by Gasteiger charge is 2.19. The molecule has 242 valence electrons. The zero-order valence-electron chi connectivity index (χ0n) is 27.7. The number of aromatic nitrogens is 2. The van der Waals surface area contributed by atoms with E-state index >= 15 is 0 Å². The highest BCUT2D eigenvalue weighted by atomic mass is 32.1. The molecule has 0 bridgehead atoms. The van der Waals surface area contributed by atoms with E-state index in [9.17, 15) is 0 Å². The summed E-state index contributed by atoms with van der Waals surface area (Å²) in [5.41, 5.74) is 16.7. The SMILES string of the molecule is NC(=NCc1ccccc1)c1cccc(-c2ccc(-n3c4cc5ccn(-c6ccccc6)c5cc4c4ccc5c6ccccc6sc5c43)cc2)c1. The first-order valence-electron chi connectivity index (χ1n) is 17.2. The molecule has 10 rings (SSSR count). The molecule has 0 aliphatic heterocycles. The molecule has 3 heterocycles. The van der Waals surface area contributed by atoms with Crippen molar-refractivity contribution < 1.29 is 0 Å². The van der Waals surface area contributed by atoms with Crippen LogP contribution in [0.3, 0.4) is 0 Å². The quantitative estimate of drug-likeness (QED) is 0.139. The monoisotopic (exact) mass is 672 g/mol. The Bertz CT molecular complexity index is 2930. The Labute approximate surface area is 299 Å². The molecule has 5 heteroatoms. The average Bonchev–Trinajstić information content (AvgIpc) is 3.88. The molecule has 3 aromatic heterocycles. The van der Waals surface area contributed by atoms with E-state index in [-0.39, 0.29) is 0 Å². The minimum atomic E-state index is 0.544. The molecule has 0 spiro atoms. The Hall–Kier alpha value is -6.43. The van der Waals surface area contributed by atoms with E-state index < -0.39 is 0 Å². The lowest BCUT2D eigenvalue weighted by atomic mass is 10.0. The maximum absolute atomic E-state index is 6.48. The molecule has 0 atom stereocenters. The molecule has 0 saturated carbocycles. The summed E-state index contributed by atoms with van der Waals surface area (Å²) in [6, 6.07) is 58.4. The fourth-order valence-electron chi connectivity index (χ4n) is 7.50. The summed E-state index contributed by atoms with van der Waals surface area (Å²) in [6.45, 7) is 0.556. The zero-order valence-corrected chi connectivity index (χ0v) is 28.5. The number of para-hydroxylation sites is 1.